The summed E-state index contributed by atoms with van der Waals surface area (Å²) < 4.78 is 27.4. The van der Waals surface area contributed by atoms with Crippen LogP contribution in [0, 0.1) is 6.92 Å². The molecule has 8 heteroatoms. The highest BCUT2D eigenvalue weighted by Crippen LogP contribution is 2.29. The standard InChI is InChI=1S/C18H30N4O2S2/c1-5-19-17(22-12-13-25-18(3,4)14-22)20-10-11-21-26(23,24)16-8-6-15(2)7-9-16/h6-9,21H,5,10-14H2,1-4H3,(H,19,20). The number of aliphatic imine (C=N–C) groups is 1. The van der Waals surface area contributed by atoms with Crippen LogP contribution in [0.25, 0.3) is 0 Å². The summed E-state index contributed by atoms with van der Waals surface area (Å²) in [6.45, 7) is 11.8. The number of guanidine groups is 1. The predicted molar refractivity (Wildman–Crippen MR) is 110 cm³/mol. The molecule has 146 valence electrons. The first kappa shape index (κ1) is 21.1. The van der Waals surface area contributed by atoms with Gasteiger partial charge in [-0.15, -0.1) is 0 Å². The summed E-state index contributed by atoms with van der Waals surface area (Å²) in [7, 11) is -3.49. The van der Waals surface area contributed by atoms with Crippen LogP contribution in [0.15, 0.2) is 34.2 Å². The molecule has 1 saturated heterocycles. The Morgan fingerprint density at radius 1 is 1.31 bits per heavy atom. The van der Waals surface area contributed by atoms with Gasteiger partial charge < -0.3 is 10.2 Å². The van der Waals surface area contributed by atoms with E-state index in [1.54, 1.807) is 24.3 Å². The van der Waals surface area contributed by atoms with E-state index >= 15 is 0 Å². The molecule has 0 bridgehead atoms. The van der Waals surface area contributed by atoms with Crippen LogP contribution in [0.5, 0.6) is 0 Å². The van der Waals surface area contributed by atoms with Crippen LogP contribution >= 0.6 is 11.8 Å². The fourth-order valence-corrected chi connectivity index (χ4v) is 4.90. The quantitative estimate of drug-likeness (QED) is 0.436. The van der Waals surface area contributed by atoms with Crippen LogP contribution in [0.4, 0.5) is 0 Å². The van der Waals surface area contributed by atoms with Gasteiger partial charge >= 0.3 is 0 Å². The van der Waals surface area contributed by atoms with Gasteiger partial charge in [0.2, 0.25) is 10.0 Å². The maximum absolute atomic E-state index is 12.3. The van der Waals surface area contributed by atoms with Crippen molar-refractivity contribution in [3.05, 3.63) is 29.8 Å². The average molecular weight is 399 g/mol. The molecule has 0 amide bonds. The average Bonchev–Trinajstić information content (AvgIpc) is 2.57. The third kappa shape index (κ3) is 6.17. The third-order valence-electron chi connectivity index (χ3n) is 4.06. The first-order chi connectivity index (χ1) is 12.2. The molecular formula is C18H30N4O2S2. The Bertz CT molecular complexity index is 715. The van der Waals surface area contributed by atoms with E-state index in [-0.39, 0.29) is 16.2 Å². The minimum absolute atomic E-state index is 0.196. The van der Waals surface area contributed by atoms with Gasteiger partial charge in [-0.05, 0) is 39.8 Å². The Labute approximate surface area is 161 Å². The van der Waals surface area contributed by atoms with Crippen molar-refractivity contribution >= 4 is 27.7 Å². The van der Waals surface area contributed by atoms with E-state index in [9.17, 15) is 8.42 Å². The number of nitrogens with zero attached hydrogens (tertiary/aromatic N) is 2. The molecule has 26 heavy (non-hydrogen) atoms. The Kier molecular flexibility index (Phi) is 7.37. The minimum atomic E-state index is -3.49. The van der Waals surface area contributed by atoms with E-state index in [1.165, 1.54) is 0 Å². The Hall–Kier alpha value is -1.25. The monoisotopic (exact) mass is 398 g/mol. The molecule has 0 radical (unpaired) electrons. The highest BCUT2D eigenvalue weighted by molar-refractivity contribution is 8.00. The van der Waals surface area contributed by atoms with E-state index in [2.05, 4.69) is 33.8 Å². The Morgan fingerprint density at radius 2 is 2.00 bits per heavy atom. The Balaban J connectivity index is 1.94. The molecule has 0 aliphatic carbocycles. The van der Waals surface area contributed by atoms with Gasteiger partial charge in [0.25, 0.3) is 0 Å². The zero-order chi connectivity index (χ0) is 19.2. The molecular weight excluding hydrogens is 368 g/mol. The summed E-state index contributed by atoms with van der Waals surface area (Å²) in [5.74, 6) is 1.92. The molecule has 2 N–H and O–H groups in total. The van der Waals surface area contributed by atoms with Crippen molar-refractivity contribution in [1.29, 1.82) is 0 Å². The topological polar surface area (TPSA) is 73.8 Å². The summed E-state index contributed by atoms with van der Waals surface area (Å²) in [6.07, 6.45) is 0. The van der Waals surface area contributed by atoms with Gasteiger partial charge in [-0.1, -0.05) is 17.7 Å². The van der Waals surface area contributed by atoms with Crippen LogP contribution in [0.3, 0.4) is 0 Å². The SMILES string of the molecule is CCNC(=NCCNS(=O)(=O)c1ccc(C)cc1)N1CCSC(C)(C)C1. The fraction of sp³-hybridized carbons (Fsp3) is 0.611. The summed E-state index contributed by atoms with van der Waals surface area (Å²) in [6, 6.07) is 6.84. The second-order valence-electron chi connectivity index (χ2n) is 6.98. The normalized spacial score (nSPS) is 18.0. The first-order valence-corrected chi connectivity index (χ1v) is 11.4. The molecule has 0 aromatic heterocycles. The minimum Gasteiger partial charge on any atom is -0.357 e. The summed E-state index contributed by atoms with van der Waals surface area (Å²) in [4.78, 5) is 7.15. The molecule has 0 spiro atoms. The number of thioether (sulfide) groups is 1. The molecule has 1 aliphatic heterocycles. The van der Waals surface area contributed by atoms with Crippen molar-refractivity contribution in [2.45, 2.75) is 37.3 Å². The largest absolute Gasteiger partial charge is 0.357 e. The number of nitrogens with one attached hydrogen (secondary N) is 2. The molecule has 0 saturated carbocycles. The molecule has 1 heterocycles. The molecule has 0 unspecified atom stereocenters. The number of hydrogen-bond acceptors (Lipinski definition) is 4. The van der Waals surface area contributed by atoms with Crippen molar-refractivity contribution < 1.29 is 8.42 Å². The van der Waals surface area contributed by atoms with Gasteiger partial charge in [-0.25, -0.2) is 13.1 Å². The van der Waals surface area contributed by atoms with Crippen molar-refractivity contribution in [3.63, 3.8) is 0 Å². The van der Waals surface area contributed by atoms with Crippen LogP contribution in [0.2, 0.25) is 0 Å². The number of rotatable bonds is 6. The third-order valence-corrected chi connectivity index (χ3v) is 6.83. The lowest BCUT2D eigenvalue weighted by Gasteiger charge is -2.39. The molecule has 1 aromatic rings. The van der Waals surface area contributed by atoms with E-state index in [1.807, 2.05) is 25.6 Å². The van der Waals surface area contributed by atoms with Crippen LogP contribution in [-0.2, 0) is 10.0 Å². The van der Waals surface area contributed by atoms with Crippen LogP contribution in [-0.4, -0.2) is 62.5 Å². The van der Waals surface area contributed by atoms with Gasteiger partial charge in [0.15, 0.2) is 5.96 Å². The number of aryl methyl sites for hydroxylation is 1. The molecule has 2 rings (SSSR count). The zero-order valence-corrected chi connectivity index (χ0v) is 17.7. The predicted octanol–water partition coefficient (Wildman–Crippen LogP) is 2.07. The Morgan fingerprint density at radius 3 is 2.62 bits per heavy atom. The number of hydrogen-bond donors (Lipinski definition) is 2. The first-order valence-electron chi connectivity index (χ1n) is 8.97. The smallest absolute Gasteiger partial charge is 0.240 e. The lowest BCUT2D eigenvalue weighted by atomic mass is 10.2. The molecule has 1 aliphatic rings. The van der Waals surface area contributed by atoms with Gasteiger partial charge in [-0.3, -0.25) is 4.99 Å². The number of sulfonamides is 1. The van der Waals surface area contributed by atoms with Crippen molar-refractivity contribution in [2.75, 3.05) is 38.5 Å². The maximum atomic E-state index is 12.3. The van der Waals surface area contributed by atoms with Crippen molar-refractivity contribution in [2.24, 2.45) is 4.99 Å². The van der Waals surface area contributed by atoms with E-state index in [4.69, 9.17) is 0 Å². The highest BCUT2D eigenvalue weighted by atomic mass is 32.2. The molecule has 6 nitrogen and oxygen atoms in total. The fourth-order valence-electron chi connectivity index (χ4n) is 2.77. The molecule has 1 fully saturated rings. The van der Waals surface area contributed by atoms with Crippen LogP contribution < -0.4 is 10.0 Å². The van der Waals surface area contributed by atoms with Gasteiger partial charge in [-0.2, -0.15) is 11.8 Å². The second kappa shape index (κ2) is 9.10. The molecule has 1 aromatic carbocycles. The van der Waals surface area contributed by atoms with Gasteiger partial charge in [0.05, 0.1) is 11.4 Å². The van der Waals surface area contributed by atoms with Crippen LogP contribution in [0.1, 0.15) is 26.3 Å². The van der Waals surface area contributed by atoms with E-state index < -0.39 is 10.0 Å². The van der Waals surface area contributed by atoms with Crippen molar-refractivity contribution in [3.8, 4) is 0 Å². The van der Waals surface area contributed by atoms with E-state index in [0.717, 1.165) is 36.9 Å². The van der Waals surface area contributed by atoms with Gasteiger partial charge in [0.1, 0.15) is 0 Å². The summed E-state index contributed by atoms with van der Waals surface area (Å²) in [5, 5.41) is 3.32. The lowest BCUT2D eigenvalue weighted by molar-refractivity contribution is 0.376. The lowest BCUT2D eigenvalue weighted by Crippen LogP contribution is -2.51. The second-order valence-corrected chi connectivity index (χ2v) is 10.5. The molecule has 0 atom stereocenters. The number of benzene rings is 1. The summed E-state index contributed by atoms with van der Waals surface area (Å²) >= 11 is 1.97. The van der Waals surface area contributed by atoms with E-state index in [0.29, 0.717) is 6.54 Å². The zero-order valence-electron chi connectivity index (χ0n) is 16.1. The highest BCUT2D eigenvalue weighted by Gasteiger charge is 2.28. The van der Waals surface area contributed by atoms with Crippen molar-refractivity contribution in [1.82, 2.24) is 14.9 Å². The van der Waals surface area contributed by atoms with Gasteiger partial charge in [0, 0.05) is 36.7 Å². The summed E-state index contributed by atoms with van der Waals surface area (Å²) in [5.41, 5.74) is 1.03. The maximum Gasteiger partial charge on any atom is 0.240 e.